The summed E-state index contributed by atoms with van der Waals surface area (Å²) in [7, 11) is 4.02. The van der Waals surface area contributed by atoms with Crippen LogP contribution in [0.15, 0.2) is 52.1 Å². The van der Waals surface area contributed by atoms with E-state index >= 15 is 0 Å². The van der Waals surface area contributed by atoms with Gasteiger partial charge in [-0.15, -0.1) is 0 Å². The van der Waals surface area contributed by atoms with E-state index in [1.54, 1.807) is 0 Å². The number of benzene rings is 1. The fraction of sp³-hybridized carbons (Fsp3) is 0.429. The Morgan fingerprint density at radius 3 is 2.79 bits per heavy atom. The number of hydrogen-bond acceptors (Lipinski definition) is 4. The Bertz CT molecular complexity index is 790. The number of pyridine rings is 1. The second-order valence-corrected chi connectivity index (χ2v) is 8.04. The van der Waals surface area contributed by atoms with Crippen molar-refractivity contribution in [3.8, 4) is 0 Å². The molecule has 2 aromatic rings. The van der Waals surface area contributed by atoms with Gasteiger partial charge < -0.3 is 20.4 Å². The Balaban J connectivity index is 1.63. The average Bonchev–Trinajstić information content (AvgIpc) is 3.15. The summed E-state index contributed by atoms with van der Waals surface area (Å²) in [5.74, 6) is 1.82. The molecule has 1 aliphatic heterocycles. The molecule has 0 bridgehead atoms. The van der Waals surface area contributed by atoms with Crippen LogP contribution in [-0.4, -0.2) is 50.7 Å². The van der Waals surface area contributed by atoms with Crippen molar-refractivity contribution in [2.75, 3.05) is 43.5 Å². The standard InChI is InChI=1S/C21H29BrN6/c1-4-23-21(25-14-16-6-5-12-24-20(16)27(2)3)26-18-11-13-28(15-18)19-9-7-17(22)8-10-19/h5-10,12,18H,4,11,13-15H2,1-3H3,(H2,23,25,26). The number of guanidine groups is 1. The highest BCUT2D eigenvalue weighted by Crippen LogP contribution is 2.22. The van der Waals surface area contributed by atoms with Gasteiger partial charge in [0.15, 0.2) is 5.96 Å². The molecular weight excluding hydrogens is 416 g/mol. The lowest BCUT2D eigenvalue weighted by Gasteiger charge is -2.21. The van der Waals surface area contributed by atoms with Crippen LogP contribution in [0, 0.1) is 0 Å². The molecule has 1 fully saturated rings. The Labute approximate surface area is 176 Å². The van der Waals surface area contributed by atoms with E-state index in [9.17, 15) is 0 Å². The SMILES string of the molecule is CCNC(=NCc1cccnc1N(C)C)NC1CCN(c2ccc(Br)cc2)C1. The van der Waals surface area contributed by atoms with E-state index in [-0.39, 0.29) is 0 Å². The molecule has 1 aromatic heterocycles. The highest BCUT2D eigenvalue weighted by atomic mass is 79.9. The highest BCUT2D eigenvalue weighted by Gasteiger charge is 2.23. The molecule has 1 saturated heterocycles. The van der Waals surface area contributed by atoms with Crippen molar-refractivity contribution >= 4 is 33.4 Å². The Morgan fingerprint density at radius 2 is 2.07 bits per heavy atom. The lowest BCUT2D eigenvalue weighted by Crippen LogP contribution is -2.44. The quantitative estimate of drug-likeness (QED) is 0.528. The summed E-state index contributed by atoms with van der Waals surface area (Å²) < 4.78 is 1.11. The summed E-state index contributed by atoms with van der Waals surface area (Å²) >= 11 is 3.50. The number of hydrogen-bond donors (Lipinski definition) is 2. The van der Waals surface area contributed by atoms with Gasteiger partial charge in [0.1, 0.15) is 5.82 Å². The van der Waals surface area contributed by atoms with Gasteiger partial charge in [0.2, 0.25) is 0 Å². The predicted octanol–water partition coefficient (Wildman–Crippen LogP) is 3.24. The number of rotatable bonds is 6. The topological polar surface area (TPSA) is 55.8 Å². The minimum absolute atomic E-state index is 0.378. The van der Waals surface area contributed by atoms with Crippen LogP contribution in [0.1, 0.15) is 18.9 Å². The van der Waals surface area contributed by atoms with Gasteiger partial charge in [0.25, 0.3) is 0 Å². The lowest BCUT2D eigenvalue weighted by molar-refractivity contribution is 0.649. The van der Waals surface area contributed by atoms with Crippen molar-refractivity contribution in [3.05, 3.63) is 52.6 Å². The normalized spacial score (nSPS) is 16.9. The second-order valence-electron chi connectivity index (χ2n) is 7.13. The molecule has 7 heteroatoms. The van der Waals surface area contributed by atoms with Crippen molar-refractivity contribution in [1.29, 1.82) is 0 Å². The minimum Gasteiger partial charge on any atom is -0.369 e. The maximum Gasteiger partial charge on any atom is 0.191 e. The first-order chi connectivity index (χ1) is 13.6. The fourth-order valence-corrected chi connectivity index (χ4v) is 3.66. The van der Waals surface area contributed by atoms with Crippen LogP contribution in [0.4, 0.5) is 11.5 Å². The van der Waals surface area contributed by atoms with Crippen molar-refractivity contribution in [2.24, 2.45) is 4.99 Å². The van der Waals surface area contributed by atoms with E-state index in [1.165, 1.54) is 5.69 Å². The van der Waals surface area contributed by atoms with E-state index in [0.29, 0.717) is 12.6 Å². The van der Waals surface area contributed by atoms with Crippen LogP contribution in [0.3, 0.4) is 0 Å². The van der Waals surface area contributed by atoms with Gasteiger partial charge in [-0.25, -0.2) is 9.98 Å². The van der Waals surface area contributed by atoms with Crippen molar-refractivity contribution in [1.82, 2.24) is 15.6 Å². The summed E-state index contributed by atoms with van der Waals surface area (Å²) in [6, 6.07) is 12.9. The molecule has 0 aliphatic carbocycles. The highest BCUT2D eigenvalue weighted by molar-refractivity contribution is 9.10. The summed E-state index contributed by atoms with van der Waals surface area (Å²) in [4.78, 5) is 13.7. The van der Waals surface area contributed by atoms with Crippen molar-refractivity contribution in [3.63, 3.8) is 0 Å². The van der Waals surface area contributed by atoms with Crippen LogP contribution in [0.25, 0.3) is 0 Å². The Kier molecular flexibility index (Phi) is 7.14. The third-order valence-electron chi connectivity index (χ3n) is 4.76. The van der Waals surface area contributed by atoms with Crippen LogP contribution >= 0.6 is 15.9 Å². The molecule has 28 heavy (non-hydrogen) atoms. The van der Waals surface area contributed by atoms with Gasteiger partial charge in [-0.05, 0) is 43.7 Å². The summed E-state index contributed by atoms with van der Waals surface area (Å²) in [5, 5.41) is 6.97. The molecule has 0 spiro atoms. The smallest absolute Gasteiger partial charge is 0.191 e. The molecule has 2 N–H and O–H groups in total. The first kappa shape index (κ1) is 20.5. The molecule has 1 unspecified atom stereocenters. The van der Waals surface area contributed by atoms with Gasteiger partial charge in [-0.2, -0.15) is 0 Å². The molecule has 1 aliphatic rings. The first-order valence-electron chi connectivity index (χ1n) is 9.73. The van der Waals surface area contributed by atoms with Crippen LogP contribution < -0.4 is 20.4 Å². The van der Waals surface area contributed by atoms with Gasteiger partial charge in [0, 0.05) is 61.7 Å². The summed E-state index contributed by atoms with van der Waals surface area (Å²) in [5.41, 5.74) is 2.38. The number of halogens is 1. The van der Waals surface area contributed by atoms with Crippen LogP contribution in [-0.2, 0) is 6.54 Å². The maximum atomic E-state index is 4.80. The Morgan fingerprint density at radius 1 is 1.29 bits per heavy atom. The molecule has 0 amide bonds. The monoisotopic (exact) mass is 444 g/mol. The van der Waals surface area contributed by atoms with Crippen molar-refractivity contribution < 1.29 is 0 Å². The van der Waals surface area contributed by atoms with Gasteiger partial charge in [-0.1, -0.05) is 22.0 Å². The second kappa shape index (κ2) is 9.78. The molecule has 1 aromatic carbocycles. The van der Waals surface area contributed by atoms with E-state index in [4.69, 9.17) is 4.99 Å². The van der Waals surface area contributed by atoms with E-state index in [2.05, 4.69) is 73.7 Å². The molecule has 0 saturated carbocycles. The average molecular weight is 445 g/mol. The maximum absolute atomic E-state index is 4.80. The third kappa shape index (κ3) is 5.38. The van der Waals surface area contributed by atoms with E-state index in [0.717, 1.165) is 47.9 Å². The third-order valence-corrected chi connectivity index (χ3v) is 5.29. The van der Waals surface area contributed by atoms with Crippen molar-refractivity contribution in [2.45, 2.75) is 25.9 Å². The Hall–Kier alpha value is -2.28. The fourth-order valence-electron chi connectivity index (χ4n) is 3.40. The molecule has 0 radical (unpaired) electrons. The number of nitrogens with one attached hydrogen (secondary N) is 2. The number of nitrogens with zero attached hydrogens (tertiary/aromatic N) is 4. The molecule has 1 atom stereocenters. The summed E-state index contributed by atoms with van der Waals surface area (Å²) in [6.07, 6.45) is 2.91. The zero-order chi connectivity index (χ0) is 19.9. The van der Waals surface area contributed by atoms with Gasteiger partial charge in [0.05, 0.1) is 6.54 Å². The zero-order valence-corrected chi connectivity index (χ0v) is 18.4. The van der Waals surface area contributed by atoms with Gasteiger partial charge in [-0.3, -0.25) is 0 Å². The van der Waals surface area contributed by atoms with Gasteiger partial charge >= 0.3 is 0 Å². The van der Waals surface area contributed by atoms with E-state index < -0.39 is 0 Å². The van der Waals surface area contributed by atoms with E-state index in [1.807, 2.05) is 31.3 Å². The predicted molar refractivity (Wildman–Crippen MR) is 121 cm³/mol. The molecule has 6 nitrogen and oxygen atoms in total. The first-order valence-corrected chi connectivity index (χ1v) is 10.5. The largest absolute Gasteiger partial charge is 0.369 e. The summed E-state index contributed by atoms with van der Waals surface area (Å²) in [6.45, 7) is 5.55. The molecule has 2 heterocycles. The molecule has 3 rings (SSSR count). The zero-order valence-electron chi connectivity index (χ0n) is 16.8. The van der Waals surface area contributed by atoms with Crippen LogP contribution in [0.5, 0.6) is 0 Å². The lowest BCUT2D eigenvalue weighted by atomic mass is 10.2. The number of aromatic nitrogens is 1. The number of aliphatic imine (C=N–C) groups is 1. The number of anilines is 2. The molecular formula is C21H29BrN6. The molecule has 150 valence electrons. The minimum atomic E-state index is 0.378. The van der Waals surface area contributed by atoms with Crippen LogP contribution in [0.2, 0.25) is 0 Å².